The van der Waals surface area contributed by atoms with E-state index < -0.39 is 5.97 Å². The highest BCUT2D eigenvalue weighted by Gasteiger charge is 2.11. The molecular weight excluding hydrogens is 349 g/mol. The number of anilines is 2. The first kappa shape index (κ1) is 16.5. The summed E-state index contributed by atoms with van der Waals surface area (Å²) in [4.78, 5) is 20.2. The Labute approximate surface area is 148 Å². The molecule has 0 unspecified atom stereocenters. The van der Waals surface area contributed by atoms with Gasteiger partial charge in [0.15, 0.2) is 0 Å². The van der Waals surface area contributed by atoms with E-state index in [0.29, 0.717) is 33.7 Å². The first-order valence-electron chi connectivity index (χ1n) is 7.22. The smallest absolute Gasteiger partial charge is 0.338 e. The molecule has 3 aromatic rings. The Balaban J connectivity index is 1.94. The van der Waals surface area contributed by atoms with Crippen molar-refractivity contribution < 1.29 is 9.53 Å². The third-order valence-electron chi connectivity index (χ3n) is 3.33. The SMILES string of the molecule is CCOC(=O)c1ccc(Nc2ncnc3ccc(Cl)cc23)c(Cl)c1. The molecular formula is C17H13Cl2N3O2. The molecule has 0 aliphatic carbocycles. The molecule has 0 saturated heterocycles. The molecule has 24 heavy (non-hydrogen) atoms. The number of rotatable bonds is 4. The molecule has 0 fully saturated rings. The fourth-order valence-corrected chi connectivity index (χ4v) is 2.61. The summed E-state index contributed by atoms with van der Waals surface area (Å²) in [5.41, 5.74) is 1.77. The first-order chi connectivity index (χ1) is 11.6. The van der Waals surface area contributed by atoms with Gasteiger partial charge in [0.05, 0.1) is 28.4 Å². The summed E-state index contributed by atoms with van der Waals surface area (Å²) < 4.78 is 4.96. The molecule has 0 atom stereocenters. The number of esters is 1. The van der Waals surface area contributed by atoms with Crippen LogP contribution in [0.15, 0.2) is 42.7 Å². The number of hydrogen-bond donors (Lipinski definition) is 1. The molecule has 0 radical (unpaired) electrons. The van der Waals surface area contributed by atoms with E-state index in [2.05, 4.69) is 15.3 Å². The molecule has 122 valence electrons. The van der Waals surface area contributed by atoms with E-state index in [1.54, 1.807) is 37.3 Å². The van der Waals surface area contributed by atoms with Crippen LogP contribution in [0.4, 0.5) is 11.5 Å². The lowest BCUT2D eigenvalue weighted by molar-refractivity contribution is 0.0526. The summed E-state index contributed by atoms with van der Waals surface area (Å²) in [6, 6.07) is 10.3. The van der Waals surface area contributed by atoms with Gasteiger partial charge in [0.2, 0.25) is 0 Å². The highest BCUT2D eigenvalue weighted by Crippen LogP contribution is 2.30. The normalized spacial score (nSPS) is 10.6. The van der Waals surface area contributed by atoms with Crippen LogP contribution in [0.5, 0.6) is 0 Å². The third-order valence-corrected chi connectivity index (χ3v) is 3.88. The van der Waals surface area contributed by atoms with Crippen LogP contribution < -0.4 is 5.32 Å². The van der Waals surface area contributed by atoms with E-state index in [4.69, 9.17) is 27.9 Å². The number of halogens is 2. The molecule has 2 aromatic carbocycles. The van der Waals surface area contributed by atoms with Crippen molar-refractivity contribution >= 4 is 51.6 Å². The van der Waals surface area contributed by atoms with Crippen LogP contribution >= 0.6 is 23.2 Å². The lowest BCUT2D eigenvalue weighted by atomic mass is 10.2. The van der Waals surface area contributed by atoms with E-state index in [1.807, 2.05) is 6.07 Å². The van der Waals surface area contributed by atoms with Gasteiger partial charge in [-0.2, -0.15) is 0 Å². The molecule has 0 bridgehead atoms. The largest absolute Gasteiger partial charge is 0.462 e. The second-order valence-corrected chi connectivity index (χ2v) is 5.77. The van der Waals surface area contributed by atoms with Crippen molar-refractivity contribution in [2.45, 2.75) is 6.92 Å². The lowest BCUT2D eigenvalue weighted by Gasteiger charge is -2.11. The fourth-order valence-electron chi connectivity index (χ4n) is 2.21. The third kappa shape index (κ3) is 3.42. The van der Waals surface area contributed by atoms with Crippen LogP contribution in [0.3, 0.4) is 0 Å². The Morgan fingerprint density at radius 2 is 2.00 bits per heavy atom. The Morgan fingerprint density at radius 1 is 1.17 bits per heavy atom. The maximum Gasteiger partial charge on any atom is 0.338 e. The van der Waals surface area contributed by atoms with Crippen LogP contribution in [0, 0.1) is 0 Å². The number of benzene rings is 2. The molecule has 1 N–H and O–H groups in total. The summed E-state index contributed by atoms with van der Waals surface area (Å²) >= 11 is 12.3. The minimum atomic E-state index is -0.412. The van der Waals surface area contributed by atoms with Crippen LogP contribution in [0.2, 0.25) is 10.0 Å². The van der Waals surface area contributed by atoms with Crippen LogP contribution in [0.1, 0.15) is 17.3 Å². The number of hydrogen-bond acceptors (Lipinski definition) is 5. The molecule has 0 aliphatic rings. The minimum absolute atomic E-state index is 0.310. The van der Waals surface area contributed by atoms with Crippen molar-refractivity contribution in [1.82, 2.24) is 9.97 Å². The van der Waals surface area contributed by atoms with E-state index >= 15 is 0 Å². The fraction of sp³-hybridized carbons (Fsp3) is 0.118. The monoisotopic (exact) mass is 361 g/mol. The average molecular weight is 362 g/mol. The number of carbonyl (C=O) groups is 1. The van der Waals surface area contributed by atoms with Gasteiger partial charge in [-0.25, -0.2) is 14.8 Å². The molecule has 1 heterocycles. The number of aromatic nitrogens is 2. The number of nitrogens with one attached hydrogen (secondary N) is 1. The molecule has 0 spiro atoms. The first-order valence-corrected chi connectivity index (χ1v) is 7.98. The molecule has 1 aromatic heterocycles. The number of fused-ring (bicyclic) bond motifs is 1. The quantitative estimate of drug-likeness (QED) is 0.672. The minimum Gasteiger partial charge on any atom is -0.462 e. The zero-order valence-corrected chi connectivity index (χ0v) is 14.2. The second kappa shape index (κ2) is 7.03. The van der Waals surface area contributed by atoms with Gasteiger partial charge in [-0.05, 0) is 43.3 Å². The van der Waals surface area contributed by atoms with Crippen LogP contribution in [0.25, 0.3) is 10.9 Å². The van der Waals surface area contributed by atoms with Crippen molar-refractivity contribution in [3.05, 3.63) is 58.3 Å². The van der Waals surface area contributed by atoms with Gasteiger partial charge in [0.1, 0.15) is 12.1 Å². The Bertz CT molecular complexity index is 915. The number of nitrogens with zero attached hydrogens (tertiary/aromatic N) is 2. The summed E-state index contributed by atoms with van der Waals surface area (Å²) in [5.74, 6) is 0.165. The van der Waals surface area contributed by atoms with Crippen molar-refractivity contribution in [2.24, 2.45) is 0 Å². The Morgan fingerprint density at radius 3 is 2.75 bits per heavy atom. The Hall–Kier alpha value is -2.37. The van der Waals surface area contributed by atoms with Gasteiger partial charge >= 0.3 is 5.97 Å². The van der Waals surface area contributed by atoms with Gasteiger partial charge in [-0.3, -0.25) is 0 Å². The standard InChI is InChI=1S/C17H13Cl2N3O2/c1-2-24-17(23)10-3-5-15(13(19)7-10)22-16-12-8-11(18)4-6-14(12)20-9-21-16/h3-9H,2H2,1H3,(H,20,21,22). The topological polar surface area (TPSA) is 64.1 Å². The lowest BCUT2D eigenvalue weighted by Crippen LogP contribution is -2.05. The number of carbonyl (C=O) groups excluding carboxylic acids is 1. The van der Waals surface area contributed by atoms with Crippen molar-refractivity contribution in [3.63, 3.8) is 0 Å². The molecule has 0 amide bonds. The van der Waals surface area contributed by atoms with Gasteiger partial charge in [0.25, 0.3) is 0 Å². The van der Waals surface area contributed by atoms with Crippen LogP contribution in [-0.4, -0.2) is 22.5 Å². The van der Waals surface area contributed by atoms with E-state index in [9.17, 15) is 4.79 Å². The van der Waals surface area contributed by atoms with E-state index in [-0.39, 0.29) is 0 Å². The predicted octanol–water partition coefficient (Wildman–Crippen LogP) is 4.86. The zero-order chi connectivity index (χ0) is 17.1. The highest BCUT2D eigenvalue weighted by molar-refractivity contribution is 6.34. The van der Waals surface area contributed by atoms with Crippen molar-refractivity contribution in [2.75, 3.05) is 11.9 Å². The molecule has 0 saturated carbocycles. The van der Waals surface area contributed by atoms with Gasteiger partial charge in [-0.15, -0.1) is 0 Å². The molecule has 0 aliphatic heterocycles. The van der Waals surface area contributed by atoms with E-state index in [0.717, 1.165) is 10.9 Å². The Kier molecular flexibility index (Phi) is 4.83. The highest BCUT2D eigenvalue weighted by atomic mass is 35.5. The zero-order valence-electron chi connectivity index (χ0n) is 12.7. The maximum atomic E-state index is 11.7. The number of ether oxygens (including phenoxy) is 1. The summed E-state index contributed by atoms with van der Waals surface area (Å²) in [6.45, 7) is 2.06. The van der Waals surface area contributed by atoms with Gasteiger partial charge in [-0.1, -0.05) is 23.2 Å². The van der Waals surface area contributed by atoms with Crippen molar-refractivity contribution in [3.8, 4) is 0 Å². The van der Waals surface area contributed by atoms with Crippen molar-refractivity contribution in [1.29, 1.82) is 0 Å². The molecule has 5 nitrogen and oxygen atoms in total. The van der Waals surface area contributed by atoms with E-state index in [1.165, 1.54) is 6.33 Å². The summed E-state index contributed by atoms with van der Waals surface area (Å²) in [7, 11) is 0. The predicted molar refractivity (Wildman–Crippen MR) is 95.2 cm³/mol. The summed E-state index contributed by atoms with van der Waals surface area (Å²) in [6.07, 6.45) is 1.46. The second-order valence-electron chi connectivity index (χ2n) is 4.92. The van der Waals surface area contributed by atoms with Gasteiger partial charge in [0, 0.05) is 10.4 Å². The maximum absolute atomic E-state index is 11.7. The molecule has 3 rings (SSSR count). The summed E-state index contributed by atoms with van der Waals surface area (Å²) in [5, 5.41) is 4.89. The molecule has 7 heteroatoms. The van der Waals surface area contributed by atoms with Crippen LogP contribution in [-0.2, 0) is 4.74 Å². The average Bonchev–Trinajstić information content (AvgIpc) is 2.57. The van der Waals surface area contributed by atoms with Gasteiger partial charge < -0.3 is 10.1 Å².